The summed E-state index contributed by atoms with van der Waals surface area (Å²) in [4.78, 5) is 205. The molecule has 14 atom stereocenters. The second-order valence-electron chi connectivity index (χ2n) is 29.0. The lowest BCUT2D eigenvalue weighted by Crippen LogP contribution is -2.61. The van der Waals surface area contributed by atoms with Crippen molar-refractivity contribution in [1.29, 1.82) is 0 Å². The number of amides is 13. The van der Waals surface area contributed by atoms with E-state index in [9.17, 15) is 71.3 Å². The van der Waals surface area contributed by atoms with E-state index < -0.39 is 203 Å². The molecule has 30 heteroatoms. The van der Waals surface area contributed by atoms with Crippen LogP contribution >= 0.6 is 0 Å². The van der Waals surface area contributed by atoms with E-state index >= 15 is 0 Å². The molecule has 0 radical (unpaired) electrons. The van der Waals surface area contributed by atoms with Gasteiger partial charge in [0.1, 0.15) is 72.3 Å². The number of likely N-dealkylation sites (N-methyl/N-ethyl adjacent to an activating group) is 5. The summed E-state index contributed by atoms with van der Waals surface area (Å²) in [5.41, 5.74) is 0. The number of carbonyl (C=O) groups is 14. The number of rotatable bonds is 20. The topological polar surface area (TPSA) is 378 Å². The molecule has 0 saturated carbocycles. The third-order valence-corrected chi connectivity index (χ3v) is 18.7. The van der Waals surface area contributed by atoms with Gasteiger partial charge in [0.15, 0.2) is 0 Å². The fourth-order valence-corrected chi connectivity index (χ4v) is 12.2. The molecule has 99 heavy (non-hydrogen) atoms. The summed E-state index contributed by atoms with van der Waals surface area (Å²) in [6.07, 6.45) is -0.204. The summed E-state index contributed by atoms with van der Waals surface area (Å²) in [6, 6.07) is -12.4. The van der Waals surface area contributed by atoms with Gasteiger partial charge in [-0.05, 0) is 80.5 Å². The minimum Gasteiger partial charge on any atom is -0.458 e. The quantitative estimate of drug-likeness (QED) is 0.0803. The van der Waals surface area contributed by atoms with E-state index in [0.29, 0.717) is 12.8 Å². The summed E-state index contributed by atoms with van der Waals surface area (Å²) < 4.78 is 18.1. The van der Waals surface area contributed by atoms with Gasteiger partial charge >= 0.3 is 5.97 Å². The second kappa shape index (κ2) is 42.7. The Bertz CT molecular complexity index is 2800. The maximum atomic E-state index is 14.8. The highest BCUT2D eigenvalue weighted by atomic mass is 32.2. The SMILES string of the molecule is CC[C@H](C)[C@H]1C(=O)NCCC(=O)NC(C(C)C)C(=O)N(C)[C@@H](C(C)C)C(=O)N(C)[C@@H](C)C(=O)NCCC(=O)N[C@H](CC(C)C)C(=O)N(C)[C@H]([C@@H](C)CC)C(=O)O[C@H](C)[C@H](NC(=O)[C@@H](CC(C)C)N(C)C(=O)[C@@H](NC(=O)CS(C)=O)C(C)C)C(=O)NCCC(=O)NC(CC(C)C)C(=O)N1C. The Kier molecular flexibility index (Phi) is 38.7. The van der Waals surface area contributed by atoms with E-state index in [1.165, 1.54) is 70.0 Å². The number of esters is 1. The maximum Gasteiger partial charge on any atom is 0.329 e. The van der Waals surface area contributed by atoms with Gasteiger partial charge in [0, 0.05) is 91.2 Å². The Hall–Kier alpha value is -7.27. The zero-order valence-electron chi connectivity index (χ0n) is 63.6. The van der Waals surface area contributed by atoms with Crippen LogP contribution in [-0.4, -0.2) is 245 Å². The number of hydrogen-bond acceptors (Lipinski definition) is 16. The van der Waals surface area contributed by atoms with Gasteiger partial charge in [0.25, 0.3) is 0 Å². The van der Waals surface area contributed by atoms with E-state index in [0.717, 1.165) is 9.80 Å². The van der Waals surface area contributed by atoms with Crippen LogP contribution in [0.2, 0.25) is 0 Å². The Morgan fingerprint density at radius 2 is 1.00 bits per heavy atom. The normalized spacial score (nSPS) is 24.9. The molecule has 1 rings (SSSR count). The van der Waals surface area contributed by atoms with Gasteiger partial charge in [-0.15, -0.1) is 0 Å². The molecule has 0 spiro atoms. The molecule has 1 aliphatic heterocycles. The zero-order valence-corrected chi connectivity index (χ0v) is 64.4. The van der Waals surface area contributed by atoms with Crippen LogP contribution in [0, 0.1) is 47.3 Å². The minimum absolute atomic E-state index is 0.0339. The lowest BCUT2D eigenvalue weighted by atomic mass is 9.95. The van der Waals surface area contributed by atoms with Crippen LogP contribution in [0.1, 0.15) is 176 Å². The van der Waals surface area contributed by atoms with Crippen LogP contribution in [0.4, 0.5) is 0 Å². The number of hydrogen-bond donors (Lipinski definition) is 8. The average molecular weight is 1420 g/mol. The molecule has 3 unspecified atom stereocenters. The fourth-order valence-electron chi connectivity index (χ4n) is 11.7. The first-order valence-electron chi connectivity index (χ1n) is 35.0. The zero-order chi connectivity index (χ0) is 76.4. The molecule has 1 aliphatic rings. The van der Waals surface area contributed by atoms with Crippen LogP contribution in [0.25, 0.3) is 0 Å². The Labute approximate surface area is 590 Å². The van der Waals surface area contributed by atoms with E-state index in [-0.39, 0.29) is 68.7 Å². The standard InChI is InChI=1S/C69H123N13O16S/c1-25-43(15)58-63(90)72-32-29-52(85)75-55(41(11)12)67(94)80(21)57(42(13)14)68(95)78(19)45(17)60(87)70-30-27-50(83)74-48(34-38(5)6)65(92)82(23)59(44(16)26-2)69(96)98-46(18)56(62(89)71-31-28-51(84)73-47(33-37(3)4)64(91)81(58)22)77-61(88)49(35-39(7)8)79(20)66(93)54(40(9)10)76-53(86)36-99(24)97/h37-49,54-59H,25-36H2,1-24H3,(H,70,87)(H,71,89)(H,72,90)(H,73,84)(H,74,83)(H,75,85)(H,76,86)(H,77,88)/t43-,44-,45-,46+,47?,48+,49+,54-,55?,56-,57-,58-,59+,99?/m0/s1. The molecule has 0 aromatic heterocycles. The first-order chi connectivity index (χ1) is 45.9. The van der Waals surface area contributed by atoms with Crippen molar-refractivity contribution in [3.05, 3.63) is 0 Å². The van der Waals surface area contributed by atoms with Gasteiger partial charge in [0.2, 0.25) is 76.8 Å². The van der Waals surface area contributed by atoms with Gasteiger partial charge in [0.05, 0.1) is 0 Å². The molecule has 0 aromatic carbocycles. The van der Waals surface area contributed by atoms with E-state index in [2.05, 4.69) is 42.5 Å². The van der Waals surface area contributed by atoms with Crippen molar-refractivity contribution in [2.75, 3.05) is 66.9 Å². The van der Waals surface area contributed by atoms with Gasteiger partial charge in [-0.1, -0.05) is 124 Å². The molecule has 13 amide bonds. The van der Waals surface area contributed by atoms with Crippen molar-refractivity contribution in [3.8, 4) is 0 Å². The highest BCUT2D eigenvalue weighted by Crippen LogP contribution is 2.23. The van der Waals surface area contributed by atoms with Gasteiger partial charge in [-0.25, -0.2) is 4.79 Å². The predicted molar refractivity (Wildman–Crippen MR) is 377 cm³/mol. The summed E-state index contributed by atoms with van der Waals surface area (Å²) in [6.45, 7) is 30.3. The van der Waals surface area contributed by atoms with Gasteiger partial charge in [-0.3, -0.25) is 66.5 Å². The average Bonchev–Trinajstić information content (AvgIpc) is 0.842. The van der Waals surface area contributed by atoms with E-state index in [4.69, 9.17) is 4.74 Å². The van der Waals surface area contributed by atoms with Crippen LogP contribution < -0.4 is 42.5 Å². The van der Waals surface area contributed by atoms with Crippen molar-refractivity contribution in [2.24, 2.45) is 47.3 Å². The fraction of sp³-hybridized carbons (Fsp3) is 0.797. The summed E-state index contributed by atoms with van der Waals surface area (Å²) >= 11 is 0. The van der Waals surface area contributed by atoms with Crippen LogP contribution in [0.15, 0.2) is 0 Å². The lowest BCUT2D eigenvalue weighted by Gasteiger charge is -2.37. The van der Waals surface area contributed by atoms with Crippen LogP contribution in [-0.2, 0) is 82.7 Å². The number of ether oxygens (including phenoxy) is 1. The van der Waals surface area contributed by atoms with Gasteiger partial charge < -0.3 is 71.8 Å². The molecular formula is C69H123N13O16S. The molecule has 1 heterocycles. The Morgan fingerprint density at radius 1 is 0.566 bits per heavy atom. The van der Waals surface area contributed by atoms with Crippen molar-refractivity contribution in [2.45, 2.75) is 243 Å². The largest absolute Gasteiger partial charge is 0.458 e. The lowest BCUT2D eigenvalue weighted by molar-refractivity contribution is -0.163. The first-order valence-corrected chi connectivity index (χ1v) is 36.8. The second-order valence-corrected chi connectivity index (χ2v) is 30.4. The smallest absolute Gasteiger partial charge is 0.329 e. The molecule has 8 N–H and O–H groups in total. The number of cyclic esters (lactones) is 1. The third-order valence-electron chi connectivity index (χ3n) is 18.0. The number of nitrogens with one attached hydrogen (secondary N) is 8. The molecule has 1 fully saturated rings. The highest BCUT2D eigenvalue weighted by molar-refractivity contribution is 7.85. The molecule has 0 bridgehead atoms. The molecular weight excluding hydrogens is 1300 g/mol. The minimum atomic E-state index is -1.75. The van der Waals surface area contributed by atoms with Gasteiger partial charge in [-0.2, -0.15) is 0 Å². The first kappa shape index (κ1) is 89.7. The molecule has 0 aromatic rings. The molecule has 1 saturated heterocycles. The monoisotopic (exact) mass is 1420 g/mol. The Morgan fingerprint density at radius 3 is 1.42 bits per heavy atom. The summed E-state index contributed by atoms with van der Waals surface area (Å²) in [7, 11) is 5.47. The van der Waals surface area contributed by atoms with E-state index in [1.807, 2.05) is 34.6 Å². The molecule has 0 aliphatic carbocycles. The predicted octanol–water partition coefficient (Wildman–Crippen LogP) is 1.61. The third kappa shape index (κ3) is 28.4. The van der Waals surface area contributed by atoms with Crippen molar-refractivity contribution >= 4 is 93.6 Å². The molecule has 29 nitrogen and oxygen atoms in total. The van der Waals surface area contributed by atoms with Crippen molar-refractivity contribution in [1.82, 2.24) is 67.0 Å². The maximum absolute atomic E-state index is 14.8. The van der Waals surface area contributed by atoms with Crippen LogP contribution in [0.5, 0.6) is 0 Å². The summed E-state index contributed by atoms with van der Waals surface area (Å²) in [5.74, 6) is -13.2. The highest BCUT2D eigenvalue weighted by Gasteiger charge is 2.43. The van der Waals surface area contributed by atoms with Crippen LogP contribution in [0.3, 0.4) is 0 Å². The molecule has 566 valence electrons. The number of carbonyl (C=O) groups excluding carboxylic acids is 14. The summed E-state index contributed by atoms with van der Waals surface area (Å²) in [5, 5.41) is 21.7. The van der Waals surface area contributed by atoms with Crippen molar-refractivity contribution < 1.29 is 76.1 Å². The van der Waals surface area contributed by atoms with Crippen molar-refractivity contribution in [3.63, 3.8) is 0 Å². The Balaban J connectivity index is 4.17. The number of nitrogens with zero attached hydrogens (tertiary/aromatic N) is 5. The van der Waals surface area contributed by atoms with E-state index in [1.54, 1.807) is 76.2 Å².